The highest BCUT2D eigenvalue weighted by Gasteiger charge is 2.41. The van der Waals surface area contributed by atoms with Gasteiger partial charge in [-0.05, 0) is 6.08 Å². The number of hydrogen-bond acceptors (Lipinski definition) is 1. The second kappa shape index (κ2) is 2.89. The first-order valence-corrected chi connectivity index (χ1v) is 3.58. The van der Waals surface area contributed by atoms with Gasteiger partial charge in [-0.3, -0.25) is 3.93 Å². The normalized spacial score (nSPS) is 24.4. The molecule has 0 bridgehead atoms. The largest absolute Gasteiger partial charge is 0.413 e. The van der Waals surface area contributed by atoms with Gasteiger partial charge in [0.1, 0.15) is 0 Å². The van der Waals surface area contributed by atoms with Crippen molar-refractivity contribution in [3.8, 4) is 0 Å². The van der Waals surface area contributed by atoms with E-state index in [1.54, 1.807) is 0 Å². The second-order valence-electron chi connectivity index (χ2n) is 2.06. The number of alkyl halides is 3. The van der Waals surface area contributed by atoms with Gasteiger partial charge in [-0.25, -0.2) is 0 Å². The molecule has 0 N–H and O–H groups in total. The van der Waals surface area contributed by atoms with Gasteiger partial charge in [0.25, 0.3) is 0 Å². The van der Waals surface area contributed by atoms with Gasteiger partial charge in [0.05, 0.1) is 16.1 Å². The molecule has 0 fully saturated rings. The van der Waals surface area contributed by atoms with Crippen LogP contribution in [-0.2, 0) is 0 Å². The Morgan fingerprint density at radius 3 is 2.27 bits per heavy atom. The summed E-state index contributed by atoms with van der Waals surface area (Å²) in [6, 6.07) is -1.55. The van der Waals surface area contributed by atoms with Crippen molar-refractivity contribution < 1.29 is 13.2 Å². The fraction of sp³-hybridized carbons (Fsp3) is 0.333. The van der Waals surface area contributed by atoms with E-state index in [4.69, 9.17) is 0 Å². The maximum absolute atomic E-state index is 12.0. The van der Waals surface area contributed by atoms with Crippen LogP contribution in [0.4, 0.5) is 13.2 Å². The summed E-state index contributed by atoms with van der Waals surface area (Å²) in [7, 11) is 0. The third kappa shape index (κ3) is 1.99. The van der Waals surface area contributed by atoms with Crippen LogP contribution in [0.3, 0.4) is 0 Å². The molecule has 0 amide bonds. The van der Waals surface area contributed by atoms with Crippen LogP contribution in [0.5, 0.6) is 0 Å². The van der Waals surface area contributed by atoms with Crippen LogP contribution in [0.2, 0.25) is 0 Å². The van der Waals surface area contributed by atoms with E-state index in [0.29, 0.717) is 0 Å². The Bertz CT molecular complexity index is 196. The maximum atomic E-state index is 12.0. The van der Waals surface area contributed by atoms with Crippen molar-refractivity contribution in [2.75, 3.05) is 0 Å². The summed E-state index contributed by atoms with van der Waals surface area (Å²) in [5, 5.41) is 0. The second-order valence-corrected chi connectivity index (χ2v) is 2.88. The first-order chi connectivity index (χ1) is 5.02. The average Bonchev–Trinajstić information content (AvgIpc) is 1.86. The molecule has 1 atom stereocenters. The van der Waals surface area contributed by atoms with Gasteiger partial charge >= 0.3 is 6.18 Å². The fourth-order valence-corrected chi connectivity index (χ4v) is 1.23. The molecular weight excluding hydrogens is 223 g/mol. The molecule has 1 nitrogen and oxygen atoms in total. The van der Waals surface area contributed by atoms with Crippen molar-refractivity contribution in [3.63, 3.8) is 0 Å². The van der Waals surface area contributed by atoms with Crippen LogP contribution in [0.1, 0.15) is 0 Å². The summed E-state index contributed by atoms with van der Waals surface area (Å²) in [6.07, 6.45) is 1.07. The minimum Gasteiger partial charge on any atom is -0.300 e. The van der Waals surface area contributed by atoms with Crippen molar-refractivity contribution >= 4 is 16.1 Å². The van der Waals surface area contributed by atoms with E-state index >= 15 is 0 Å². The highest BCUT2D eigenvalue weighted by Crippen LogP contribution is 2.29. The third-order valence-electron chi connectivity index (χ3n) is 1.23. The molecule has 5 heteroatoms. The molecule has 0 radical (unpaired) electrons. The van der Waals surface area contributed by atoms with E-state index in [1.165, 1.54) is 18.4 Å². The molecule has 0 aromatic carbocycles. The molecule has 0 saturated carbocycles. The van der Waals surface area contributed by atoms with Crippen LogP contribution in [0, 0.1) is 0 Å². The molecule has 0 aromatic rings. The molecule has 1 heterocycles. The van der Waals surface area contributed by atoms with E-state index in [0.717, 1.165) is 10.0 Å². The first-order valence-electron chi connectivity index (χ1n) is 2.87. The van der Waals surface area contributed by atoms with E-state index in [1.807, 2.05) is 0 Å². The Labute approximate surface area is 70.5 Å². The molecule has 0 spiro atoms. The zero-order valence-corrected chi connectivity index (χ0v) is 6.93. The molecule has 1 aliphatic heterocycles. The highest BCUT2D eigenvalue weighted by atomic mass is 79.9. The Morgan fingerprint density at radius 2 is 1.91 bits per heavy atom. The summed E-state index contributed by atoms with van der Waals surface area (Å²) in [5.41, 5.74) is 0. The Morgan fingerprint density at radius 1 is 1.27 bits per heavy atom. The SMILES string of the molecule is FC(F)(F)C1C=CC=CN1Br. The lowest BCUT2D eigenvalue weighted by molar-refractivity contribution is -0.152. The first kappa shape index (κ1) is 8.64. The van der Waals surface area contributed by atoms with E-state index < -0.39 is 12.2 Å². The molecule has 11 heavy (non-hydrogen) atoms. The molecule has 0 aromatic heterocycles. The van der Waals surface area contributed by atoms with Gasteiger partial charge in [0, 0.05) is 6.20 Å². The van der Waals surface area contributed by atoms with Gasteiger partial charge in [-0.15, -0.1) is 0 Å². The molecule has 0 saturated heterocycles. The van der Waals surface area contributed by atoms with Crippen molar-refractivity contribution in [1.29, 1.82) is 0 Å². The molecule has 1 rings (SSSR count). The number of nitrogens with zero attached hydrogens (tertiary/aromatic N) is 1. The number of hydrogen-bond donors (Lipinski definition) is 0. The predicted octanol–water partition coefficient (Wildman–Crippen LogP) is 2.61. The zero-order valence-electron chi connectivity index (χ0n) is 5.35. The van der Waals surface area contributed by atoms with Gasteiger partial charge in [0.2, 0.25) is 0 Å². The van der Waals surface area contributed by atoms with Crippen LogP contribution in [0.15, 0.2) is 24.4 Å². The predicted molar refractivity (Wildman–Crippen MR) is 38.9 cm³/mol. The summed E-state index contributed by atoms with van der Waals surface area (Å²) in [6.45, 7) is 0. The molecule has 62 valence electrons. The Hall–Kier alpha value is -0.450. The lowest BCUT2D eigenvalue weighted by atomic mass is 10.2. The van der Waals surface area contributed by atoms with E-state index in [9.17, 15) is 13.2 Å². The van der Waals surface area contributed by atoms with Gasteiger partial charge in [-0.1, -0.05) is 12.2 Å². The maximum Gasteiger partial charge on any atom is 0.413 e. The summed E-state index contributed by atoms with van der Waals surface area (Å²) in [5.74, 6) is 0. The monoisotopic (exact) mass is 227 g/mol. The summed E-state index contributed by atoms with van der Waals surface area (Å²) in [4.78, 5) is 0. The van der Waals surface area contributed by atoms with Crippen molar-refractivity contribution in [2.45, 2.75) is 12.2 Å². The smallest absolute Gasteiger partial charge is 0.300 e. The van der Waals surface area contributed by atoms with Crippen LogP contribution in [-0.4, -0.2) is 16.1 Å². The molecule has 1 aliphatic rings. The quantitative estimate of drug-likeness (QED) is 0.576. The van der Waals surface area contributed by atoms with Gasteiger partial charge in [-0.2, -0.15) is 13.2 Å². The van der Waals surface area contributed by atoms with Crippen molar-refractivity contribution in [1.82, 2.24) is 3.93 Å². The van der Waals surface area contributed by atoms with Crippen molar-refractivity contribution in [3.05, 3.63) is 24.4 Å². The average molecular weight is 228 g/mol. The van der Waals surface area contributed by atoms with Gasteiger partial charge in [0.15, 0.2) is 6.04 Å². The topological polar surface area (TPSA) is 3.24 Å². The van der Waals surface area contributed by atoms with Gasteiger partial charge < -0.3 is 0 Å². The standard InChI is InChI=1S/C6H5BrF3N/c7-11-4-2-1-3-5(11)6(8,9)10/h1-5H. The van der Waals surface area contributed by atoms with Crippen LogP contribution < -0.4 is 0 Å². The minimum absolute atomic E-state index is 0.938. The minimum atomic E-state index is -4.22. The molecular formula is C6H5BrF3N. The zero-order chi connectivity index (χ0) is 8.48. The molecule has 1 unspecified atom stereocenters. The Kier molecular flexibility index (Phi) is 2.27. The summed E-state index contributed by atoms with van der Waals surface area (Å²) >= 11 is 2.77. The Balaban J connectivity index is 2.74. The highest BCUT2D eigenvalue weighted by molar-refractivity contribution is 9.07. The third-order valence-corrected chi connectivity index (χ3v) is 1.91. The van der Waals surface area contributed by atoms with Crippen molar-refractivity contribution in [2.24, 2.45) is 0 Å². The lowest BCUT2D eigenvalue weighted by Crippen LogP contribution is -2.36. The number of allylic oxidation sites excluding steroid dienone is 2. The molecule has 0 aliphatic carbocycles. The van der Waals surface area contributed by atoms with E-state index in [2.05, 4.69) is 16.1 Å². The lowest BCUT2D eigenvalue weighted by Gasteiger charge is -2.25. The fourth-order valence-electron chi connectivity index (χ4n) is 0.725. The summed E-state index contributed by atoms with van der Waals surface area (Å²) < 4.78 is 37.0. The van der Waals surface area contributed by atoms with Crippen LogP contribution in [0.25, 0.3) is 0 Å². The number of rotatable bonds is 0. The number of halogens is 4. The van der Waals surface area contributed by atoms with Crippen LogP contribution >= 0.6 is 16.1 Å². The van der Waals surface area contributed by atoms with E-state index in [-0.39, 0.29) is 0 Å².